The summed E-state index contributed by atoms with van der Waals surface area (Å²) in [5.74, 6) is 0.521. The summed E-state index contributed by atoms with van der Waals surface area (Å²) >= 11 is 1.45. The maximum Gasteiger partial charge on any atom is 0.274 e. The van der Waals surface area contributed by atoms with Gasteiger partial charge in [-0.2, -0.15) is 0 Å². The van der Waals surface area contributed by atoms with E-state index in [9.17, 15) is 9.59 Å². The Kier molecular flexibility index (Phi) is 7.86. The molecule has 0 bridgehead atoms. The average molecular weight is 604 g/mol. The lowest BCUT2D eigenvalue weighted by atomic mass is 10.1. The minimum absolute atomic E-state index is 0.0145. The minimum Gasteiger partial charge on any atom is -0.491 e. The smallest absolute Gasteiger partial charge is 0.274 e. The Morgan fingerprint density at radius 3 is 2.43 bits per heavy atom. The molecule has 6 rings (SSSR count). The number of nitrogen functional groups attached to an aromatic ring is 1. The molecule has 0 aliphatic carbocycles. The molecule has 0 aliphatic rings. The van der Waals surface area contributed by atoms with Gasteiger partial charge in [0.25, 0.3) is 11.5 Å². The number of thiazole rings is 1. The van der Waals surface area contributed by atoms with Crippen LogP contribution in [0.2, 0.25) is 0 Å². The van der Waals surface area contributed by atoms with Gasteiger partial charge in [0, 0.05) is 17.3 Å². The molecule has 10 nitrogen and oxygen atoms in total. The molecular weight excluding hydrogens is 574 g/mol. The molecule has 0 fully saturated rings. The van der Waals surface area contributed by atoms with Crippen molar-refractivity contribution in [3.63, 3.8) is 0 Å². The van der Waals surface area contributed by atoms with E-state index < -0.39 is 11.9 Å². The molecule has 3 aromatic carbocycles. The largest absolute Gasteiger partial charge is 0.491 e. The van der Waals surface area contributed by atoms with Crippen molar-refractivity contribution in [2.75, 3.05) is 5.73 Å². The maximum atomic E-state index is 14.2. The lowest BCUT2D eigenvalue weighted by Crippen LogP contribution is -2.34. The molecular formula is C33H29N7O3S. The molecule has 0 radical (unpaired) electrons. The molecule has 3 N–H and O–H groups in total. The van der Waals surface area contributed by atoms with Gasteiger partial charge >= 0.3 is 0 Å². The van der Waals surface area contributed by atoms with Crippen LogP contribution in [0.15, 0.2) is 95.5 Å². The fourth-order valence-corrected chi connectivity index (χ4v) is 5.58. The van der Waals surface area contributed by atoms with Crippen molar-refractivity contribution in [2.24, 2.45) is 0 Å². The highest BCUT2D eigenvalue weighted by atomic mass is 32.1. The van der Waals surface area contributed by atoms with Crippen molar-refractivity contribution in [1.29, 1.82) is 0 Å². The Morgan fingerprint density at radius 1 is 0.955 bits per heavy atom. The van der Waals surface area contributed by atoms with Gasteiger partial charge in [0.1, 0.15) is 11.6 Å². The SMILES string of the molecule is CC(C)Oc1ccc(-c2cnc(N)c(C(=O)N[C@@H](C)c3nc4cccc(-c5cncs5)c4c(=O)n3-c3ccccc3)n2)cc1. The van der Waals surface area contributed by atoms with E-state index in [1.165, 1.54) is 22.1 Å². The second kappa shape index (κ2) is 12.1. The van der Waals surface area contributed by atoms with E-state index >= 15 is 0 Å². The summed E-state index contributed by atoms with van der Waals surface area (Å²) in [4.78, 5) is 46.5. The predicted molar refractivity (Wildman–Crippen MR) is 172 cm³/mol. The first-order valence-electron chi connectivity index (χ1n) is 14.0. The molecule has 6 aromatic rings. The summed E-state index contributed by atoms with van der Waals surface area (Å²) in [5.41, 5.74) is 10.7. The molecule has 0 saturated carbocycles. The van der Waals surface area contributed by atoms with Crippen LogP contribution in [0, 0.1) is 0 Å². The number of hydrogen-bond acceptors (Lipinski definition) is 9. The number of aromatic nitrogens is 5. The maximum absolute atomic E-state index is 14.2. The fourth-order valence-electron chi connectivity index (χ4n) is 4.93. The minimum atomic E-state index is -0.704. The lowest BCUT2D eigenvalue weighted by molar-refractivity contribution is 0.0933. The van der Waals surface area contributed by atoms with Gasteiger partial charge in [-0.25, -0.2) is 15.0 Å². The Morgan fingerprint density at radius 2 is 1.73 bits per heavy atom. The second-order valence-corrected chi connectivity index (χ2v) is 11.3. The number of nitrogens with zero attached hydrogens (tertiary/aromatic N) is 5. The first kappa shape index (κ1) is 28.7. The van der Waals surface area contributed by atoms with Crippen LogP contribution in [0.1, 0.15) is 43.1 Å². The molecule has 0 saturated heterocycles. The molecule has 11 heteroatoms. The van der Waals surface area contributed by atoms with Gasteiger partial charge in [-0.3, -0.25) is 19.1 Å². The zero-order chi connectivity index (χ0) is 30.8. The van der Waals surface area contributed by atoms with Gasteiger partial charge in [-0.1, -0.05) is 30.3 Å². The quantitative estimate of drug-likeness (QED) is 0.222. The summed E-state index contributed by atoms with van der Waals surface area (Å²) < 4.78 is 7.25. The number of ether oxygens (including phenoxy) is 1. The standard InChI is InChI=1S/C33H29N7O3S/c1-19(2)43-23-14-12-21(13-15-23)26-16-36-30(34)29(38-26)32(41)37-20(3)31-39-25-11-7-10-24(27-17-35-18-44-27)28(25)33(42)40(31)22-8-5-4-6-9-22/h4-20H,1-3H3,(H2,34,36)(H,37,41)/t20-/m0/s1. The molecule has 0 unspecified atom stereocenters. The molecule has 44 heavy (non-hydrogen) atoms. The summed E-state index contributed by atoms with van der Waals surface area (Å²) in [6, 6.07) is 21.4. The molecule has 3 aromatic heterocycles. The number of anilines is 1. The zero-order valence-electron chi connectivity index (χ0n) is 24.3. The van der Waals surface area contributed by atoms with Crippen molar-refractivity contribution in [3.05, 3.63) is 113 Å². The third-order valence-electron chi connectivity index (χ3n) is 6.91. The number of rotatable bonds is 8. The molecule has 1 atom stereocenters. The highest BCUT2D eigenvalue weighted by Crippen LogP contribution is 2.30. The summed E-state index contributed by atoms with van der Waals surface area (Å²) in [5, 5.41) is 3.40. The number of carbonyl (C=O) groups excluding carboxylic acids is 1. The number of hydrogen-bond donors (Lipinski definition) is 2. The van der Waals surface area contributed by atoms with Crippen LogP contribution in [-0.2, 0) is 0 Å². The Bertz CT molecular complexity index is 2010. The Balaban J connectivity index is 1.38. The molecule has 1 amide bonds. The topological polar surface area (TPSA) is 138 Å². The van der Waals surface area contributed by atoms with Gasteiger partial charge in [0.2, 0.25) is 0 Å². The molecule has 0 spiro atoms. The van der Waals surface area contributed by atoms with Crippen LogP contribution in [0.5, 0.6) is 5.75 Å². The summed E-state index contributed by atoms with van der Waals surface area (Å²) in [7, 11) is 0. The number of amides is 1. The number of benzene rings is 3. The fraction of sp³-hybridized carbons (Fsp3) is 0.152. The first-order valence-corrected chi connectivity index (χ1v) is 14.9. The van der Waals surface area contributed by atoms with Gasteiger partial charge in [0.15, 0.2) is 11.5 Å². The van der Waals surface area contributed by atoms with E-state index in [1.807, 2.05) is 80.6 Å². The van der Waals surface area contributed by atoms with Crippen molar-refractivity contribution < 1.29 is 9.53 Å². The van der Waals surface area contributed by atoms with Crippen molar-refractivity contribution in [1.82, 2.24) is 29.8 Å². The number of nitrogens with one attached hydrogen (secondary N) is 1. The third-order valence-corrected chi connectivity index (χ3v) is 7.71. The predicted octanol–water partition coefficient (Wildman–Crippen LogP) is 5.83. The van der Waals surface area contributed by atoms with Crippen LogP contribution >= 0.6 is 11.3 Å². The Labute approximate surface area is 257 Å². The van der Waals surface area contributed by atoms with Gasteiger partial charge in [-0.05, 0) is 63.2 Å². The van der Waals surface area contributed by atoms with E-state index in [2.05, 4.69) is 20.3 Å². The van der Waals surface area contributed by atoms with E-state index in [1.54, 1.807) is 24.7 Å². The van der Waals surface area contributed by atoms with Crippen LogP contribution < -0.4 is 21.3 Å². The van der Waals surface area contributed by atoms with Crippen LogP contribution in [-0.4, -0.2) is 36.5 Å². The van der Waals surface area contributed by atoms with E-state index in [0.29, 0.717) is 28.1 Å². The molecule has 220 valence electrons. The zero-order valence-corrected chi connectivity index (χ0v) is 25.1. The summed E-state index contributed by atoms with van der Waals surface area (Å²) in [6.45, 7) is 5.68. The molecule has 3 heterocycles. The monoisotopic (exact) mass is 603 g/mol. The Hall–Kier alpha value is -5.42. The highest BCUT2D eigenvalue weighted by molar-refractivity contribution is 7.13. The second-order valence-electron chi connectivity index (χ2n) is 10.4. The lowest BCUT2D eigenvalue weighted by Gasteiger charge is -2.20. The van der Waals surface area contributed by atoms with E-state index in [0.717, 1.165) is 21.8 Å². The third kappa shape index (κ3) is 5.64. The average Bonchev–Trinajstić information content (AvgIpc) is 3.56. The van der Waals surface area contributed by atoms with E-state index in [4.69, 9.17) is 15.5 Å². The van der Waals surface area contributed by atoms with Gasteiger partial charge in [0.05, 0.1) is 51.0 Å². The first-order chi connectivity index (χ1) is 21.3. The normalized spacial score (nSPS) is 11.9. The van der Waals surface area contributed by atoms with Gasteiger partial charge in [-0.15, -0.1) is 11.3 Å². The number of para-hydroxylation sites is 1. The molecule has 0 aliphatic heterocycles. The summed E-state index contributed by atoms with van der Waals surface area (Å²) in [6.07, 6.45) is 3.30. The van der Waals surface area contributed by atoms with Crippen LogP contribution in [0.3, 0.4) is 0 Å². The van der Waals surface area contributed by atoms with Crippen molar-refractivity contribution in [2.45, 2.75) is 32.9 Å². The van der Waals surface area contributed by atoms with Gasteiger partial charge < -0.3 is 15.8 Å². The van der Waals surface area contributed by atoms with Crippen molar-refractivity contribution in [3.8, 4) is 33.1 Å². The number of nitrogens with two attached hydrogens (primary N) is 1. The van der Waals surface area contributed by atoms with E-state index in [-0.39, 0.29) is 23.2 Å². The van der Waals surface area contributed by atoms with Crippen molar-refractivity contribution >= 4 is 34.0 Å². The number of carbonyl (C=O) groups is 1. The van der Waals surface area contributed by atoms with Crippen LogP contribution in [0.4, 0.5) is 5.82 Å². The van der Waals surface area contributed by atoms with Crippen LogP contribution in [0.25, 0.3) is 38.3 Å². The highest BCUT2D eigenvalue weighted by Gasteiger charge is 2.24. The number of fused-ring (bicyclic) bond motifs is 1.